The summed E-state index contributed by atoms with van der Waals surface area (Å²) in [4.78, 5) is 25.2. The van der Waals surface area contributed by atoms with E-state index < -0.39 is 18.1 Å². The lowest BCUT2D eigenvalue weighted by molar-refractivity contribution is -0.134. The van der Waals surface area contributed by atoms with Crippen molar-refractivity contribution in [2.24, 2.45) is 0 Å². The molecule has 1 amide bonds. The Morgan fingerprint density at radius 2 is 1.82 bits per heavy atom. The maximum atomic E-state index is 12.7. The first-order valence-electron chi connectivity index (χ1n) is 9.93. The Balaban J connectivity index is 2.46. The number of esters is 1. The van der Waals surface area contributed by atoms with Crippen LogP contribution < -0.4 is 9.64 Å². The number of nitrogens with zero attached hydrogens (tertiary/aromatic N) is 1. The van der Waals surface area contributed by atoms with Crippen LogP contribution in [0.1, 0.15) is 12.5 Å². The molecule has 0 fully saturated rings. The highest BCUT2D eigenvalue weighted by Crippen LogP contribution is 2.37. The molecule has 33 heavy (non-hydrogen) atoms. The van der Waals surface area contributed by atoms with E-state index in [4.69, 9.17) is 9.47 Å². The number of fused-ring (bicyclic) bond motifs is 1. The highest BCUT2D eigenvalue weighted by Gasteiger charge is 2.33. The first kappa shape index (κ1) is 25.1. The Morgan fingerprint density at radius 3 is 2.48 bits per heavy atom. The summed E-state index contributed by atoms with van der Waals surface area (Å²) in [6, 6.07) is 4.69. The minimum absolute atomic E-state index is 0.152. The number of carbonyl (C=O) groups is 2. The van der Waals surface area contributed by atoms with Gasteiger partial charge in [-0.05, 0) is 60.6 Å². The fourth-order valence-corrected chi connectivity index (χ4v) is 3.03. The van der Waals surface area contributed by atoms with Crippen molar-refractivity contribution >= 4 is 23.8 Å². The smallest absolute Gasteiger partial charge is 0.415 e. The van der Waals surface area contributed by atoms with Crippen LogP contribution in [0.4, 0.5) is 10.5 Å². The van der Waals surface area contributed by atoms with Gasteiger partial charge in [-0.2, -0.15) is 0 Å². The number of ether oxygens (including phenoxy) is 3. The van der Waals surface area contributed by atoms with Gasteiger partial charge in [0.05, 0.1) is 33.6 Å². The number of carbonyl (C=O) groups excluding carboxylic acids is 2. The van der Waals surface area contributed by atoms with E-state index in [1.54, 1.807) is 31.4 Å². The van der Waals surface area contributed by atoms with Crippen molar-refractivity contribution in [3.8, 4) is 29.4 Å². The summed E-state index contributed by atoms with van der Waals surface area (Å²) < 4.78 is 14.8. The van der Waals surface area contributed by atoms with Crippen LogP contribution in [0.25, 0.3) is 6.08 Å². The van der Waals surface area contributed by atoms with Gasteiger partial charge in [-0.1, -0.05) is 29.8 Å². The molecule has 1 unspecified atom stereocenters. The quantitative estimate of drug-likeness (QED) is 0.433. The van der Waals surface area contributed by atoms with Crippen LogP contribution >= 0.6 is 0 Å². The second-order valence-corrected chi connectivity index (χ2v) is 6.60. The van der Waals surface area contributed by atoms with E-state index in [0.717, 1.165) is 16.7 Å². The van der Waals surface area contributed by atoms with Gasteiger partial charge in [0.15, 0.2) is 0 Å². The molecule has 1 aliphatic heterocycles. The average Bonchev–Trinajstić information content (AvgIpc) is 2.83. The molecule has 0 saturated heterocycles. The van der Waals surface area contributed by atoms with E-state index in [9.17, 15) is 14.7 Å². The number of hydrogen-bond acceptors (Lipinski definition) is 6. The molecule has 0 bridgehead atoms. The first-order valence-corrected chi connectivity index (χ1v) is 9.93. The number of methoxy groups -OCH3 is 3. The van der Waals surface area contributed by atoms with Crippen LogP contribution in [-0.2, 0) is 14.3 Å². The fraction of sp³-hybridized carbons (Fsp3) is 0.231. The van der Waals surface area contributed by atoms with Crippen molar-refractivity contribution < 1.29 is 28.9 Å². The normalized spacial score (nSPS) is 15.1. The molecule has 170 valence electrons. The van der Waals surface area contributed by atoms with Crippen LogP contribution in [0.3, 0.4) is 0 Å². The third kappa shape index (κ3) is 6.64. The third-order valence-electron chi connectivity index (χ3n) is 4.64. The molecule has 1 atom stereocenters. The minimum atomic E-state index is -0.655. The Morgan fingerprint density at radius 1 is 1.09 bits per heavy atom. The van der Waals surface area contributed by atoms with E-state index in [1.165, 1.54) is 37.3 Å². The van der Waals surface area contributed by atoms with E-state index in [2.05, 4.69) is 28.4 Å². The molecule has 0 radical (unpaired) electrons. The Hall–Kier alpha value is -4.20. The molecule has 7 heteroatoms. The number of benzene rings is 1. The molecule has 1 aromatic rings. The van der Waals surface area contributed by atoms with Crippen molar-refractivity contribution in [3.05, 3.63) is 65.3 Å². The van der Waals surface area contributed by atoms with Crippen molar-refractivity contribution in [2.45, 2.75) is 13.0 Å². The average molecular weight is 447 g/mol. The molecule has 7 nitrogen and oxygen atoms in total. The lowest BCUT2D eigenvalue weighted by Gasteiger charge is -2.34. The lowest BCUT2D eigenvalue weighted by atomic mass is 9.90. The number of amides is 1. The molecule has 1 aliphatic rings. The molecule has 0 saturated carbocycles. The SMILES string of the molecule is COC(=O)/C=C/C#C/C=C\C#CC1C(/C(C)=C/CO)=Cc2cc(OC)ccc2N1C(=O)OC. The number of aliphatic hydroxyl groups excluding tert-OH is 1. The Bertz CT molecular complexity index is 1130. The van der Waals surface area contributed by atoms with E-state index in [1.807, 2.05) is 19.1 Å². The molecule has 0 aromatic heterocycles. The maximum absolute atomic E-state index is 12.7. The second kappa shape index (κ2) is 12.6. The van der Waals surface area contributed by atoms with Crippen molar-refractivity contribution in [1.82, 2.24) is 0 Å². The summed E-state index contributed by atoms with van der Waals surface area (Å²) in [5.41, 5.74) is 2.90. The van der Waals surface area contributed by atoms with E-state index in [-0.39, 0.29) is 6.61 Å². The predicted octanol–water partition coefficient (Wildman–Crippen LogP) is 3.26. The molecular formula is C26H25NO6. The van der Waals surface area contributed by atoms with Gasteiger partial charge in [-0.15, -0.1) is 0 Å². The van der Waals surface area contributed by atoms with Gasteiger partial charge in [-0.3, -0.25) is 4.90 Å². The molecule has 1 N–H and O–H groups in total. The second-order valence-electron chi connectivity index (χ2n) is 6.60. The van der Waals surface area contributed by atoms with Crippen molar-refractivity contribution in [2.75, 3.05) is 32.8 Å². The van der Waals surface area contributed by atoms with Crippen LogP contribution in [0.15, 0.2) is 59.7 Å². The topological polar surface area (TPSA) is 85.3 Å². The van der Waals surface area contributed by atoms with Crippen molar-refractivity contribution in [1.29, 1.82) is 0 Å². The van der Waals surface area contributed by atoms with Gasteiger partial charge >= 0.3 is 12.1 Å². The summed E-state index contributed by atoms with van der Waals surface area (Å²) in [7, 11) is 4.16. The van der Waals surface area contributed by atoms with Crippen LogP contribution in [-0.4, -0.2) is 51.1 Å². The highest BCUT2D eigenvalue weighted by molar-refractivity contribution is 5.96. The monoisotopic (exact) mass is 447 g/mol. The number of allylic oxidation sites excluding steroid dienone is 3. The summed E-state index contributed by atoms with van der Waals surface area (Å²) in [6.07, 6.45) is 8.65. The minimum Gasteiger partial charge on any atom is -0.497 e. The number of anilines is 1. The Labute approximate surface area is 193 Å². The molecular weight excluding hydrogens is 422 g/mol. The summed E-state index contributed by atoms with van der Waals surface area (Å²) in [6.45, 7) is 1.69. The van der Waals surface area contributed by atoms with Gasteiger partial charge in [0.1, 0.15) is 11.8 Å². The predicted molar refractivity (Wildman–Crippen MR) is 126 cm³/mol. The molecule has 1 heterocycles. The van der Waals surface area contributed by atoms with Gasteiger partial charge in [-0.25, -0.2) is 9.59 Å². The number of rotatable bonds is 4. The fourth-order valence-electron chi connectivity index (χ4n) is 3.03. The first-order chi connectivity index (χ1) is 16.0. The molecule has 1 aromatic carbocycles. The Kier molecular flexibility index (Phi) is 9.57. The standard InChI is InChI=1S/C26H25NO6/c1-19(15-16-28)22-18-20-17-21(31-2)13-14-23(20)27(26(30)33-4)24(22)11-9-7-5-6-8-10-12-25(29)32-3/h5,7,10,12-15,17-18,24,28H,16H2,1-4H3/b7-5-,12-10+,19-15+. The zero-order valence-corrected chi connectivity index (χ0v) is 18.9. The van der Waals surface area contributed by atoms with Crippen molar-refractivity contribution in [3.63, 3.8) is 0 Å². The highest BCUT2D eigenvalue weighted by atomic mass is 16.5. The number of hydrogen-bond donors (Lipinski definition) is 1. The lowest BCUT2D eigenvalue weighted by Crippen LogP contribution is -2.43. The molecule has 2 rings (SSSR count). The van der Waals surface area contributed by atoms with Gasteiger partial charge in [0.25, 0.3) is 0 Å². The van der Waals surface area contributed by atoms with Crippen LogP contribution in [0.2, 0.25) is 0 Å². The largest absolute Gasteiger partial charge is 0.497 e. The van der Waals surface area contributed by atoms with Crippen LogP contribution in [0.5, 0.6) is 5.75 Å². The third-order valence-corrected chi connectivity index (χ3v) is 4.64. The van der Waals surface area contributed by atoms with Gasteiger partial charge in [0.2, 0.25) is 0 Å². The molecule has 0 aliphatic carbocycles. The maximum Gasteiger partial charge on any atom is 0.415 e. The van der Waals surface area contributed by atoms with E-state index in [0.29, 0.717) is 11.4 Å². The number of aliphatic hydroxyl groups is 1. The molecule has 0 spiro atoms. The van der Waals surface area contributed by atoms with Gasteiger partial charge in [0, 0.05) is 11.6 Å². The van der Waals surface area contributed by atoms with Crippen LogP contribution in [0, 0.1) is 23.7 Å². The summed E-state index contributed by atoms with van der Waals surface area (Å²) in [5.74, 6) is 11.5. The van der Waals surface area contributed by atoms with Gasteiger partial charge < -0.3 is 19.3 Å². The zero-order chi connectivity index (χ0) is 24.2. The summed E-state index contributed by atoms with van der Waals surface area (Å²) in [5, 5.41) is 9.39. The van der Waals surface area contributed by atoms with E-state index >= 15 is 0 Å². The summed E-state index contributed by atoms with van der Waals surface area (Å²) >= 11 is 0. The zero-order valence-electron chi connectivity index (χ0n) is 18.9.